The molecule has 1 aliphatic carbocycles. The molecule has 1 atom stereocenters. The Labute approximate surface area is 150 Å². The highest BCUT2D eigenvalue weighted by Crippen LogP contribution is 2.32. The largest absolute Gasteiger partial charge is 0.496 e. The smallest absolute Gasteiger partial charge is 0.220 e. The van der Waals surface area contributed by atoms with Gasteiger partial charge in [-0.25, -0.2) is 0 Å². The molecule has 23 heavy (non-hydrogen) atoms. The molecule has 0 radical (unpaired) electrons. The Morgan fingerprint density at radius 3 is 2.65 bits per heavy atom. The Morgan fingerprint density at radius 2 is 2.09 bits per heavy atom. The van der Waals surface area contributed by atoms with Gasteiger partial charge in [0.25, 0.3) is 0 Å². The SMILES string of the molecule is COc1ccc(Br)cc1C(=O)CCC(=O)NC(CN)C1CC1.Cl. The van der Waals surface area contributed by atoms with Crippen molar-refractivity contribution < 1.29 is 14.3 Å². The van der Waals surface area contributed by atoms with E-state index in [2.05, 4.69) is 21.2 Å². The number of ketones is 1. The molecule has 0 bridgehead atoms. The van der Waals surface area contributed by atoms with Crippen LogP contribution in [-0.2, 0) is 4.79 Å². The second kappa shape index (κ2) is 9.25. The van der Waals surface area contributed by atoms with Crippen LogP contribution in [0.4, 0.5) is 0 Å². The van der Waals surface area contributed by atoms with Gasteiger partial charge in [0.2, 0.25) is 5.91 Å². The van der Waals surface area contributed by atoms with Gasteiger partial charge in [-0.3, -0.25) is 9.59 Å². The lowest BCUT2D eigenvalue weighted by Crippen LogP contribution is -2.41. The summed E-state index contributed by atoms with van der Waals surface area (Å²) in [6.45, 7) is 0.448. The first kappa shape index (κ1) is 19.9. The van der Waals surface area contributed by atoms with Crippen LogP contribution in [0.1, 0.15) is 36.0 Å². The Kier molecular flexibility index (Phi) is 8.02. The van der Waals surface area contributed by atoms with Gasteiger partial charge in [-0.15, -0.1) is 12.4 Å². The van der Waals surface area contributed by atoms with Crippen LogP contribution in [0.2, 0.25) is 0 Å². The van der Waals surface area contributed by atoms with Crippen molar-refractivity contribution in [3.8, 4) is 5.75 Å². The maximum atomic E-state index is 12.3. The summed E-state index contributed by atoms with van der Waals surface area (Å²) >= 11 is 3.34. The number of halogens is 2. The molecular weight excluding hydrogens is 384 g/mol. The van der Waals surface area contributed by atoms with Crippen molar-refractivity contribution in [3.63, 3.8) is 0 Å². The van der Waals surface area contributed by atoms with Gasteiger partial charge in [0.05, 0.1) is 12.7 Å². The van der Waals surface area contributed by atoms with E-state index in [-0.39, 0.29) is 43.0 Å². The quantitative estimate of drug-likeness (QED) is 0.652. The molecule has 0 aromatic heterocycles. The summed E-state index contributed by atoms with van der Waals surface area (Å²) in [5.74, 6) is 0.801. The van der Waals surface area contributed by atoms with Gasteiger partial charge < -0.3 is 15.8 Å². The molecule has 1 amide bonds. The third-order valence-corrected chi connectivity index (χ3v) is 4.33. The lowest BCUT2D eigenvalue weighted by molar-refractivity contribution is -0.121. The van der Waals surface area contributed by atoms with Crippen molar-refractivity contribution in [2.75, 3.05) is 13.7 Å². The fourth-order valence-electron chi connectivity index (χ4n) is 2.41. The number of amides is 1. The molecule has 0 heterocycles. The minimum Gasteiger partial charge on any atom is -0.496 e. The first-order valence-corrected chi connectivity index (χ1v) is 8.20. The van der Waals surface area contributed by atoms with Gasteiger partial charge in [0.15, 0.2) is 5.78 Å². The van der Waals surface area contributed by atoms with Crippen molar-refractivity contribution in [2.24, 2.45) is 11.7 Å². The number of rotatable bonds is 8. The molecule has 1 fully saturated rings. The van der Waals surface area contributed by atoms with Crippen LogP contribution >= 0.6 is 28.3 Å². The van der Waals surface area contributed by atoms with E-state index in [1.165, 1.54) is 7.11 Å². The topological polar surface area (TPSA) is 81.4 Å². The first-order valence-electron chi connectivity index (χ1n) is 7.41. The first-order chi connectivity index (χ1) is 10.5. The summed E-state index contributed by atoms with van der Waals surface area (Å²) in [6.07, 6.45) is 2.56. The maximum absolute atomic E-state index is 12.3. The average Bonchev–Trinajstić information content (AvgIpc) is 3.35. The van der Waals surface area contributed by atoms with Crippen LogP contribution in [0.3, 0.4) is 0 Å². The molecular formula is C16H22BrClN2O3. The summed E-state index contributed by atoms with van der Waals surface area (Å²) < 4.78 is 5.99. The van der Waals surface area contributed by atoms with Crippen molar-refractivity contribution in [3.05, 3.63) is 28.2 Å². The lowest BCUT2D eigenvalue weighted by atomic mass is 10.0. The predicted octanol–water partition coefficient (Wildman–Crippen LogP) is 2.70. The minimum atomic E-state index is -0.121. The Morgan fingerprint density at radius 1 is 1.39 bits per heavy atom. The van der Waals surface area contributed by atoms with Gasteiger partial charge in [0, 0.05) is 29.9 Å². The summed E-state index contributed by atoms with van der Waals surface area (Å²) in [5, 5.41) is 2.92. The van der Waals surface area contributed by atoms with Crippen LogP contribution < -0.4 is 15.8 Å². The molecule has 0 spiro atoms. The Hall–Kier alpha value is -1.11. The predicted molar refractivity (Wildman–Crippen MR) is 95.2 cm³/mol. The van der Waals surface area contributed by atoms with Crippen LogP contribution in [0.5, 0.6) is 5.75 Å². The van der Waals surface area contributed by atoms with Crippen LogP contribution in [-0.4, -0.2) is 31.4 Å². The van der Waals surface area contributed by atoms with Crippen LogP contribution in [0.15, 0.2) is 22.7 Å². The van der Waals surface area contributed by atoms with Gasteiger partial charge >= 0.3 is 0 Å². The van der Waals surface area contributed by atoms with E-state index in [1.807, 2.05) is 6.07 Å². The number of ether oxygens (including phenoxy) is 1. The van der Waals surface area contributed by atoms with E-state index in [0.717, 1.165) is 17.3 Å². The molecule has 5 nitrogen and oxygen atoms in total. The second-order valence-electron chi connectivity index (χ2n) is 5.51. The fourth-order valence-corrected chi connectivity index (χ4v) is 2.77. The monoisotopic (exact) mass is 404 g/mol. The fraction of sp³-hybridized carbons (Fsp3) is 0.500. The number of carbonyl (C=O) groups is 2. The molecule has 0 saturated heterocycles. The molecule has 0 aliphatic heterocycles. The van der Waals surface area contributed by atoms with E-state index in [1.54, 1.807) is 12.1 Å². The second-order valence-corrected chi connectivity index (χ2v) is 6.43. The van der Waals surface area contributed by atoms with Gasteiger partial charge in [-0.05, 0) is 37.0 Å². The van der Waals surface area contributed by atoms with E-state index in [9.17, 15) is 9.59 Å². The molecule has 3 N–H and O–H groups in total. The molecule has 1 aliphatic rings. The normalized spacial score (nSPS) is 14.6. The number of benzene rings is 1. The number of hydrogen-bond acceptors (Lipinski definition) is 4. The summed E-state index contributed by atoms with van der Waals surface area (Å²) in [6, 6.07) is 5.30. The number of nitrogens with two attached hydrogens (primary N) is 1. The minimum absolute atomic E-state index is 0. The highest BCUT2D eigenvalue weighted by atomic mass is 79.9. The van der Waals surface area contributed by atoms with Crippen molar-refractivity contribution in [1.82, 2.24) is 5.32 Å². The third-order valence-electron chi connectivity index (χ3n) is 3.83. The molecule has 1 unspecified atom stereocenters. The van der Waals surface area contributed by atoms with Gasteiger partial charge in [-0.1, -0.05) is 15.9 Å². The molecule has 128 valence electrons. The van der Waals surface area contributed by atoms with Crippen molar-refractivity contribution in [2.45, 2.75) is 31.7 Å². The van der Waals surface area contributed by atoms with Crippen molar-refractivity contribution >= 4 is 40.0 Å². The summed E-state index contributed by atoms with van der Waals surface area (Å²) in [7, 11) is 1.52. The number of methoxy groups -OCH3 is 1. The number of nitrogens with one attached hydrogen (secondary N) is 1. The average molecular weight is 406 g/mol. The van der Waals surface area contributed by atoms with Gasteiger partial charge in [0.1, 0.15) is 5.75 Å². The van der Waals surface area contributed by atoms with E-state index in [0.29, 0.717) is 23.8 Å². The number of hydrogen-bond donors (Lipinski definition) is 2. The summed E-state index contributed by atoms with van der Waals surface area (Å²) in [5.41, 5.74) is 6.15. The zero-order valence-electron chi connectivity index (χ0n) is 13.0. The summed E-state index contributed by atoms with van der Waals surface area (Å²) in [4.78, 5) is 24.2. The molecule has 7 heteroatoms. The Bertz CT molecular complexity index is 564. The molecule has 1 saturated carbocycles. The van der Waals surface area contributed by atoms with E-state index < -0.39 is 0 Å². The van der Waals surface area contributed by atoms with E-state index in [4.69, 9.17) is 10.5 Å². The molecule has 2 rings (SSSR count). The zero-order chi connectivity index (χ0) is 16.1. The standard InChI is InChI=1S/C16H21BrN2O3.ClH/c1-22-15-6-4-11(17)8-12(15)14(20)5-7-16(21)19-13(9-18)10-2-3-10;/h4,6,8,10,13H,2-3,5,7,9,18H2,1H3,(H,19,21);1H. The third kappa shape index (κ3) is 5.79. The number of Topliss-reactive ketones (excluding diaryl/α,β-unsaturated/α-hetero) is 1. The van der Waals surface area contributed by atoms with Crippen molar-refractivity contribution in [1.29, 1.82) is 0 Å². The Balaban J connectivity index is 0.00000264. The zero-order valence-corrected chi connectivity index (χ0v) is 15.4. The molecule has 1 aromatic carbocycles. The van der Waals surface area contributed by atoms with Crippen LogP contribution in [0.25, 0.3) is 0 Å². The number of carbonyl (C=O) groups excluding carboxylic acids is 2. The maximum Gasteiger partial charge on any atom is 0.220 e. The highest BCUT2D eigenvalue weighted by molar-refractivity contribution is 9.10. The highest BCUT2D eigenvalue weighted by Gasteiger charge is 2.31. The molecule has 1 aromatic rings. The van der Waals surface area contributed by atoms with Gasteiger partial charge in [-0.2, -0.15) is 0 Å². The van der Waals surface area contributed by atoms with Crippen LogP contribution in [0, 0.1) is 5.92 Å². The van der Waals surface area contributed by atoms with E-state index >= 15 is 0 Å². The lowest BCUT2D eigenvalue weighted by Gasteiger charge is -2.15.